The summed E-state index contributed by atoms with van der Waals surface area (Å²) in [6.45, 7) is 0.814. The summed E-state index contributed by atoms with van der Waals surface area (Å²) in [7, 11) is 0. The van der Waals surface area contributed by atoms with Gasteiger partial charge >= 0.3 is 0 Å². The van der Waals surface area contributed by atoms with Gasteiger partial charge in [-0.05, 0) is 45.8 Å². The van der Waals surface area contributed by atoms with Crippen molar-refractivity contribution in [3.63, 3.8) is 0 Å². The van der Waals surface area contributed by atoms with E-state index in [1.807, 2.05) is 30.3 Å². The molecule has 0 aliphatic carbocycles. The van der Waals surface area contributed by atoms with Crippen LogP contribution in [0.1, 0.15) is 17.9 Å². The van der Waals surface area contributed by atoms with Crippen molar-refractivity contribution in [2.45, 2.75) is 12.3 Å². The van der Waals surface area contributed by atoms with Crippen LogP contribution in [0.5, 0.6) is 0 Å². The Morgan fingerprint density at radius 2 is 2.05 bits per heavy atom. The second-order valence-corrected chi connectivity index (χ2v) is 6.81. The molecule has 108 valence electrons. The van der Waals surface area contributed by atoms with E-state index in [1.165, 1.54) is 5.56 Å². The number of hydrogen-bond donors (Lipinski definition) is 2. The molecule has 0 saturated carbocycles. The molecule has 3 rings (SSSR count). The van der Waals surface area contributed by atoms with Crippen LogP contribution in [0.25, 0.3) is 0 Å². The number of carbonyl (C=O) groups excluding carboxylic acids is 1. The first kappa shape index (κ1) is 14.6. The smallest absolute Gasteiger partial charge is 0.225 e. The summed E-state index contributed by atoms with van der Waals surface area (Å²) < 4.78 is 1.84. The monoisotopic (exact) mass is 408 g/mol. The Bertz CT molecular complexity index is 688. The Balaban J connectivity index is 1.68. The average Bonchev–Trinajstić information content (AvgIpc) is 2.85. The number of amides is 1. The Kier molecular flexibility index (Phi) is 4.31. The number of halogens is 2. The summed E-state index contributed by atoms with van der Waals surface area (Å²) in [5.41, 5.74) is 3.16. The number of anilines is 2. The van der Waals surface area contributed by atoms with Crippen LogP contribution in [0.2, 0.25) is 0 Å². The van der Waals surface area contributed by atoms with Crippen molar-refractivity contribution in [1.29, 1.82) is 0 Å². The van der Waals surface area contributed by atoms with Crippen LogP contribution in [-0.2, 0) is 4.79 Å². The summed E-state index contributed by atoms with van der Waals surface area (Å²) in [6.07, 6.45) is 0.479. The van der Waals surface area contributed by atoms with Gasteiger partial charge in [0, 0.05) is 33.5 Å². The zero-order chi connectivity index (χ0) is 14.8. The van der Waals surface area contributed by atoms with E-state index >= 15 is 0 Å². The number of benzene rings is 2. The molecule has 1 atom stereocenters. The van der Waals surface area contributed by atoms with Gasteiger partial charge in [-0.1, -0.05) is 34.1 Å². The molecule has 0 radical (unpaired) electrons. The molecular formula is C16H14Br2N2O. The van der Waals surface area contributed by atoms with Gasteiger partial charge in [0.25, 0.3) is 0 Å². The van der Waals surface area contributed by atoms with Gasteiger partial charge in [0.2, 0.25) is 5.91 Å². The highest BCUT2D eigenvalue weighted by atomic mass is 79.9. The molecule has 0 fully saturated rings. The van der Waals surface area contributed by atoms with Crippen molar-refractivity contribution in [2.24, 2.45) is 0 Å². The molecule has 0 spiro atoms. The highest BCUT2D eigenvalue weighted by molar-refractivity contribution is 9.11. The van der Waals surface area contributed by atoms with Crippen LogP contribution in [-0.4, -0.2) is 12.5 Å². The van der Waals surface area contributed by atoms with Gasteiger partial charge in [-0.25, -0.2) is 0 Å². The van der Waals surface area contributed by atoms with Gasteiger partial charge in [0.05, 0.1) is 5.69 Å². The largest absolute Gasteiger partial charge is 0.384 e. The molecule has 0 aromatic heterocycles. The van der Waals surface area contributed by atoms with E-state index in [0.29, 0.717) is 6.42 Å². The number of fused-ring (bicyclic) bond motifs is 1. The number of hydrogen-bond acceptors (Lipinski definition) is 2. The molecule has 1 heterocycles. The number of nitrogens with one attached hydrogen (secondary N) is 2. The fourth-order valence-electron chi connectivity index (χ4n) is 2.56. The van der Waals surface area contributed by atoms with Crippen LogP contribution in [0.3, 0.4) is 0 Å². The minimum Gasteiger partial charge on any atom is -0.384 e. The molecule has 1 amide bonds. The molecule has 1 aliphatic rings. The van der Waals surface area contributed by atoms with Crippen molar-refractivity contribution in [3.05, 3.63) is 57.0 Å². The van der Waals surface area contributed by atoms with Crippen molar-refractivity contribution in [3.8, 4) is 0 Å². The summed E-state index contributed by atoms with van der Waals surface area (Å²) in [5, 5.41) is 6.30. The second kappa shape index (κ2) is 6.20. The topological polar surface area (TPSA) is 41.1 Å². The maximum absolute atomic E-state index is 12.2. The third kappa shape index (κ3) is 3.30. The van der Waals surface area contributed by atoms with Crippen molar-refractivity contribution >= 4 is 49.1 Å². The number of rotatable bonds is 3. The number of para-hydroxylation sites is 1. The lowest BCUT2D eigenvalue weighted by Gasteiger charge is -2.12. The fraction of sp³-hybridized carbons (Fsp3) is 0.188. The van der Waals surface area contributed by atoms with E-state index in [-0.39, 0.29) is 11.8 Å². The Morgan fingerprint density at radius 3 is 2.86 bits per heavy atom. The van der Waals surface area contributed by atoms with Gasteiger partial charge in [-0.15, -0.1) is 0 Å². The highest BCUT2D eigenvalue weighted by Crippen LogP contribution is 2.34. The van der Waals surface area contributed by atoms with Gasteiger partial charge in [0.1, 0.15) is 0 Å². The van der Waals surface area contributed by atoms with Crippen molar-refractivity contribution in [1.82, 2.24) is 0 Å². The second-order valence-electron chi connectivity index (χ2n) is 5.04. The van der Waals surface area contributed by atoms with E-state index in [2.05, 4.69) is 54.6 Å². The quantitative estimate of drug-likeness (QED) is 0.767. The van der Waals surface area contributed by atoms with Crippen molar-refractivity contribution < 1.29 is 4.79 Å². The molecule has 2 N–H and O–H groups in total. The van der Waals surface area contributed by atoms with E-state index < -0.39 is 0 Å². The molecule has 2 aromatic rings. The van der Waals surface area contributed by atoms with Gasteiger partial charge in [-0.2, -0.15) is 0 Å². The van der Waals surface area contributed by atoms with Crippen molar-refractivity contribution in [2.75, 3.05) is 17.2 Å². The van der Waals surface area contributed by atoms with Crippen LogP contribution in [0, 0.1) is 0 Å². The molecule has 3 nitrogen and oxygen atoms in total. The van der Waals surface area contributed by atoms with E-state index in [9.17, 15) is 4.79 Å². The first-order valence-corrected chi connectivity index (χ1v) is 8.30. The molecule has 21 heavy (non-hydrogen) atoms. The predicted molar refractivity (Wildman–Crippen MR) is 92.8 cm³/mol. The van der Waals surface area contributed by atoms with Gasteiger partial charge in [0.15, 0.2) is 0 Å². The maximum Gasteiger partial charge on any atom is 0.225 e. The average molecular weight is 410 g/mol. The normalized spacial score (nSPS) is 16.2. The minimum absolute atomic E-state index is 0.0292. The van der Waals surface area contributed by atoms with Gasteiger partial charge in [-0.3, -0.25) is 4.79 Å². The lowest BCUT2D eigenvalue weighted by atomic mass is 9.97. The molecule has 5 heteroatoms. The SMILES string of the molecule is O=C(CC1CNc2ccccc21)Nc1ccc(Br)cc1Br. The number of carbonyl (C=O) groups is 1. The van der Waals surface area contributed by atoms with Crippen LogP contribution in [0.4, 0.5) is 11.4 Å². The highest BCUT2D eigenvalue weighted by Gasteiger charge is 2.24. The summed E-state index contributed by atoms with van der Waals surface area (Å²) in [6, 6.07) is 13.9. The fourth-order valence-corrected chi connectivity index (χ4v) is 3.70. The molecule has 1 aliphatic heterocycles. The predicted octanol–water partition coefficient (Wildman–Crippen LogP) is 4.75. The molecule has 0 saturated heterocycles. The van der Waals surface area contributed by atoms with E-state index in [1.54, 1.807) is 0 Å². The molecule has 2 aromatic carbocycles. The first-order chi connectivity index (χ1) is 10.1. The first-order valence-electron chi connectivity index (χ1n) is 6.71. The summed E-state index contributed by atoms with van der Waals surface area (Å²) in [5.74, 6) is 0.261. The lowest BCUT2D eigenvalue weighted by molar-refractivity contribution is -0.116. The third-order valence-electron chi connectivity index (χ3n) is 3.58. The third-order valence-corrected chi connectivity index (χ3v) is 4.73. The summed E-state index contributed by atoms with van der Waals surface area (Å²) >= 11 is 6.86. The minimum atomic E-state index is 0.0292. The van der Waals surface area contributed by atoms with Gasteiger partial charge < -0.3 is 10.6 Å². The standard InChI is InChI=1S/C16H14Br2N2O/c17-11-5-6-15(13(18)8-11)20-16(21)7-10-9-19-14-4-2-1-3-12(10)14/h1-6,8,10,19H,7,9H2,(H,20,21). The molecule has 1 unspecified atom stereocenters. The Labute approximate surface area is 140 Å². The molecule has 0 bridgehead atoms. The zero-order valence-corrected chi connectivity index (χ0v) is 14.4. The molecular weight excluding hydrogens is 396 g/mol. The van der Waals surface area contributed by atoms with Crippen LogP contribution >= 0.6 is 31.9 Å². The van der Waals surface area contributed by atoms with Crippen LogP contribution < -0.4 is 10.6 Å². The van der Waals surface area contributed by atoms with E-state index in [0.717, 1.165) is 26.9 Å². The lowest BCUT2D eigenvalue weighted by Crippen LogP contribution is -2.17. The van der Waals surface area contributed by atoms with E-state index in [4.69, 9.17) is 0 Å². The van der Waals surface area contributed by atoms with Crippen LogP contribution in [0.15, 0.2) is 51.4 Å². The maximum atomic E-state index is 12.2. The summed E-state index contributed by atoms with van der Waals surface area (Å²) in [4.78, 5) is 12.2. The Morgan fingerprint density at radius 1 is 1.24 bits per heavy atom. The zero-order valence-electron chi connectivity index (χ0n) is 11.2. The Hall–Kier alpha value is -1.33.